The van der Waals surface area contributed by atoms with Crippen LogP contribution in [0, 0.1) is 11.8 Å². The van der Waals surface area contributed by atoms with Crippen molar-refractivity contribution in [3.63, 3.8) is 0 Å². The molecule has 66 valence electrons. The Labute approximate surface area is 65.4 Å². The van der Waals surface area contributed by atoms with Gasteiger partial charge in [-0.05, 0) is 31.1 Å². The van der Waals surface area contributed by atoms with Crippen LogP contribution >= 0.6 is 0 Å². The van der Waals surface area contributed by atoms with Gasteiger partial charge in [0.25, 0.3) is 6.43 Å². The molecule has 1 aliphatic carbocycles. The summed E-state index contributed by atoms with van der Waals surface area (Å²) >= 11 is 0. The van der Waals surface area contributed by atoms with Crippen molar-refractivity contribution in [2.75, 3.05) is 0 Å². The summed E-state index contributed by atoms with van der Waals surface area (Å²) in [6.07, 6.45) is -1.43. The first-order valence-electron chi connectivity index (χ1n) is 4.07. The van der Waals surface area contributed by atoms with Crippen molar-refractivity contribution >= 4 is 0 Å². The zero-order valence-electron chi connectivity index (χ0n) is 6.63. The molecule has 11 heavy (non-hydrogen) atoms. The smallest absolute Gasteiger partial charge is 0.264 e. The number of aliphatic hydroxyl groups excluding tert-OH is 1. The van der Waals surface area contributed by atoms with Crippen LogP contribution in [0.25, 0.3) is 0 Å². The van der Waals surface area contributed by atoms with E-state index in [2.05, 4.69) is 0 Å². The largest absolute Gasteiger partial charge is 0.387 e. The Morgan fingerprint density at radius 3 is 2.36 bits per heavy atom. The monoisotopic (exact) mass is 164 g/mol. The van der Waals surface area contributed by atoms with Gasteiger partial charge in [-0.1, -0.05) is 6.92 Å². The van der Waals surface area contributed by atoms with Crippen molar-refractivity contribution in [2.24, 2.45) is 11.8 Å². The molecule has 1 saturated carbocycles. The van der Waals surface area contributed by atoms with Gasteiger partial charge < -0.3 is 5.11 Å². The van der Waals surface area contributed by atoms with Gasteiger partial charge in [-0.25, -0.2) is 8.78 Å². The summed E-state index contributed by atoms with van der Waals surface area (Å²) in [7, 11) is 0. The molecule has 0 radical (unpaired) electrons. The van der Waals surface area contributed by atoms with E-state index in [0.717, 1.165) is 12.8 Å². The Morgan fingerprint density at radius 1 is 1.45 bits per heavy atom. The van der Waals surface area contributed by atoms with Gasteiger partial charge in [-0.15, -0.1) is 0 Å². The summed E-state index contributed by atoms with van der Waals surface area (Å²) in [5.74, 6) is 0.863. The molecule has 1 N–H and O–H groups in total. The molecule has 0 bridgehead atoms. The van der Waals surface area contributed by atoms with Crippen molar-refractivity contribution in [3.05, 3.63) is 0 Å². The van der Waals surface area contributed by atoms with Crippen molar-refractivity contribution in [1.29, 1.82) is 0 Å². The van der Waals surface area contributed by atoms with Crippen LogP contribution in [0.1, 0.15) is 26.2 Å². The molecule has 1 aliphatic rings. The maximum Gasteiger partial charge on any atom is 0.264 e. The van der Waals surface area contributed by atoms with Crippen molar-refractivity contribution in [3.8, 4) is 0 Å². The predicted octanol–water partition coefficient (Wildman–Crippen LogP) is 2.05. The molecule has 2 atom stereocenters. The summed E-state index contributed by atoms with van der Waals surface area (Å²) in [6.45, 7) is 1.93. The molecule has 0 aromatic carbocycles. The highest BCUT2D eigenvalue weighted by Gasteiger charge is 2.31. The predicted molar refractivity (Wildman–Crippen MR) is 38.5 cm³/mol. The third kappa shape index (κ3) is 2.73. The Bertz CT molecular complexity index is 117. The van der Waals surface area contributed by atoms with Crippen LogP contribution in [0.2, 0.25) is 0 Å². The lowest BCUT2D eigenvalue weighted by atomic mass is 9.99. The van der Waals surface area contributed by atoms with Gasteiger partial charge in [0.2, 0.25) is 0 Å². The molecule has 1 fully saturated rings. The maximum atomic E-state index is 11.8. The minimum absolute atomic E-state index is 0.252. The second-order valence-electron chi connectivity index (χ2n) is 3.45. The molecule has 2 unspecified atom stereocenters. The van der Waals surface area contributed by atoms with E-state index >= 15 is 0 Å². The maximum absolute atomic E-state index is 11.8. The topological polar surface area (TPSA) is 20.2 Å². The Hall–Kier alpha value is -0.180. The number of alkyl halides is 2. The lowest BCUT2D eigenvalue weighted by molar-refractivity contribution is -0.0178. The molecule has 0 amide bonds. The third-order valence-corrected chi connectivity index (χ3v) is 2.33. The van der Waals surface area contributed by atoms with Gasteiger partial charge >= 0.3 is 0 Å². The number of aliphatic hydroxyl groups is 1. The Morgan fingerprint density at radius 2 is 2.00 bits per heavy atom. The average Bonchev–Trinajstić information content (AvgIpc) is 2.67. The Balaban J connectivity index is 2.17. The Kier molecular flexibility index (Phi) is 2.82. The molecule has 0 spiro atoms. The van der Waals surface area contributed by atoms with Crippen LogP contribution in [0.4, 0.5) is 8.78 Å². The minimum Gasteiger partial charge on any atom is -0.387 e. The lowest BCUT2D eigenvalue weighted by Crippen LogP contribution is -2.20. The van der Waals surface area contributed by atoms with E-state index in [0.29, 0.717) is 5.92 Å². The fourth-order valence-corrected chi connectivity index (χ4v) is 1.34. The van der Waals surface area contributed by atoms with Crippen molar-refractivity contribution in [2.45, 2.75) is 38.7 Å². The van der Waals surface area contributed by atoms with E-state index in [9.17, 15) is 8.78 Å². The fraction of sp³-hybridized carbons (Fsp3) is 1.00. The number of rotatable bonds is 4. The minimum atomic E-state index is -2.57. The first kappa shape index (κ1) is 8.91. The third-order valence-electron chi connectivity index (χ3n) is 2.33. The van der Waals surface area contributed by atoms with E-state index in [4.69, 9.17) is 5.11 Å². The van der Waals surface area contributed by atoms with Gasteiger partial charge in [0.1, 0.15) is 6.10 Å². The van der Waals surface area contributed by atoms with Crippen molar-refractivity contribution < 1.29 is 13.9 Å². The zero-order chi connectivity index (χ0) is 8.43. The first-order valence-corrected chi connectivity index (χ1v) is 4.07. The number of halogens is 2. The number of hydrogen-bond acceptors (Lipinski definition) is 1. The molecule has 0 aromatic rings. The van der Waals surface area contributed by atoms with E-state index < -0.39 is 12.5 Å². The highest BCUT2D eigenvalue weighted by molar-refractivity contribution is 4.80. The summed E-state index contributed by atoms with van der Waals surface area (Å²) < 4.78 is 23.6. The van der Waals surface area contributed by atoms with Crippen molar-refractivity contribution in [1.82, 2.24) is 0 Å². The van der Waals surface area contributed by atoms with E-state index in [1.54, 1.807) is 0 Å². The summed E-state index contributed by atoms with van der Waals surface area (Å²) in [4.78, 5) is 0. The summed E-state index contributed by atoms with van der Waals surface area (Å²) in [6, 6.07) is 0. The zero-order valence-corrected chi connectivity index (χ0v) is 6.63. The molecule has 1 nitrogen and oxygen atoms in total. The normalized spacial score (nSPS) is 23.7. The second-order valence-corrected chi connectivity index (χ2v) is 3.45. The molecule has 1 rings (SSSR count). The quantitative estimate of drug-likeness (QED) is 0.674. The standard InChI is InChI=1S/C8H14F2O/c1-5(6-2-3-6)4-7(11)8(9)10/h5-8,11H,2-4H2,1H3. The molecule has 0 heterocycles. The highest BCUT2D eigenvalue weighted by Crippen LogP contribution is 2.39. The van der Waals surface area contributed by atoms with Crippen LogP contribution in [-0.2, 0) is 0 Å². The van der Waals surface area contributed by atoms with Crippen LogP contribution in [0.15, 0.2) is 0 Å². The van der Waals surface area contributed by atoms with Gasteiger partial charge in [0, 0.05) is 0 Å². The molecule has 0 aliphatic heterocycles. The average molecular weight is 164 g/mol. The van der Waals surface area contributed by atoms with Crippen LogP contribution in [-0.4, -0.2) is 17.6 Å². The molecular weight excluding hydrogens is 150 g/mol. The highest BCUT2D eigenvalue weighted by atomic mass is 19.3. The van der Waals surface area contributed by atoms with Crippen LogP contribution < -0.4 is 0 Å². The summed E-state index contributed by atoms with van der Waals surface area (Å²) in [5.41, 5.74) is 0. The van der Waals surface area contributed by atoms with Gasteiger partial charge in [0.05, 0.1) is 0 Å². The second kappa shape index (κ2) is 3.48. The first-order chi connectivity index (χ1) is 5.11. The SMILES string of the molecule is CC(CC(O)C(F)F)C1CC1. The van der Waals surface area contributed by atoms with Gasteiger partial charge in [-0.3, -0.25) is 0 Å². The summed E-state index contributed by atoms with van der Waals surface area (Å²) in [5, 5.41) is 8.82. The fourth-order valence-electron chi connectivity index (χ4n) is 1.34. The van der Waals surface area contributed by atoms with Crippen LogP contribution in [0.5, 0.6) is 0 Å². The molecule has 3 heteroatoms. The molecular formula is C8H14F2O. The number of hydrogen-bond donors (Lipinski definition) is 1. The van der Waals surface area contributed by atoms with E-state index in [1.165, 1.54) is 0 Å². The lowest BCUT2D eigenvalue weighted by Gasteiger charge is -2.14. The van der Waals surface area contributed by atoms with Gasteiger partial charge in [0.15, 0.2) is 0 Å². The molecule has 0 aromatic heterocycles. The van der Waals surface area contributed by atoms with Crippen LogP contribution in [0.3, 0.4) is 0 Å². The van der Waals surface area contributed by atoms with E-state index in [-0.39, 0.29) is 12.3 Å². The van der Waals surface area contributed by atoms with E-state index in [1.807, 2.05) is 6.92 Å². The molecule has 0 saturated heterocycles. The van der Waals surface area contributed by atoms with Gasteiger partial charge in [-0.2, -0.15) is 0 Å².